The van der Waals surface area contributed by atoms with E-state index >= 15 is 0 Å². The van der Waals surface area contributed by atoms with Gasteiger partial charge in [-0.15, -0.1) is 0 Å². The Hall–Kier alpha value is -1.04. The van der Waals surface area contributed by atoms with E-state index in [-0.39, 0.29) is 23.4 Å². The zero-order chi connectivity index (χ0) is 21.0. The first-order chi connectivity index (χ1) is 14.1. The van der Waals surface area contributed by atoms with Crippen LogP contribution in [-0.4, -0.2) is 12.1 Å². The topological polar surface area (TPSA) is 50.1 Å². The van der Waals surface area contributed by atoms with E-state index in [1.807, 2.05) is 0 Å². The van der Waals surface area contributed by atoms with E-state index in [0.717, 1.165) is 57.3 Å². The molecule has 0 N–H and O–H groups in total. The third kappa shape index (κ3) is 8.31. The molecule has 0 bridgehead atoms. The summed E-state index contributed by atoms with van der Waals surface area (Å²) in [5, 5.41) is 9.68. The van der Waals surface area contributed by atoms with Gasteiger partial charge in [0, 0.05) is 0 Å². The third-order valence-corrected chi connectivity index (χ3v) is 7.56. The highest BCUT2D eigenvalue weighted by Gasteiger charge is 2.37. The van der Waals surface area contributed by atoms with Crippen LogP contribution in [0.2, 0.25) is 0 Å². The van der Waals surface area contributed by atoms with Crippen LogP contribution in [0.3, 0.4) is 0 Å². The zero-order valence-corrected chi connectivity index (χ0v) is 19.2. The largest absolute Gasteiger partial charge is 0.462 e. The van der Waals surface area contributed by atoms with Crippen molar-refractivity contribution in [1.29, 1.82) is 5.26 Å². The fourth-order valence-corrected chi connectivity index (χ4v) is 5.38. The molecule has 2 saturated carbocycles. The van der Waals surface area contributed by atoms with Crippen molar-refractivity contribution in [2.75, 3.05) is 0 Å². The summed E-state index contributed by atoms with van der Waals surface area (Å²) in [6.07, 6.45) is 20.7. The summed E-state index contributed by atoms with van der Waals surface area (Å²) in [5.41, 5.74) is -0.159. The molecule has 3 nitrogen and oxygen atoms in total. The Kier molecular flexibility index (Phi) is 11.1. The van der Waals surface area contributed by atoms with E-state index < -0.39 is 0 Å². The minimum absolute atomic E-state index is 0.0476. The molecule has 2 fully saturated rings. The van der Waals surface area contributed by atoms with Gasteiger partial charge in [-0.1, -0.05) is 71.6 Å². The molecule has 0 radical (unpaired) electrons. The molecule has 0 aromatic heterocycles. The van der Waals surface area contributed by atoms with Crippen LogP contribution in [-0.2, 0) is 9.53 Å². The molecule has 0 amide bonds. The monoisotopic (exact) mass is 403 g/mol. The van der Waals surface area contributed by atoms with Gasteiger partial charge >= 0.3 is 5.97 Å². The molecule has 0 aromatic rings. The SMILES string of the molecule is CCCCCCC[C@H]1CC[C@H](C(=O)O[C@H]2CC[C@@](C#N)(CCCCC)CC2)CC1. The maximum atomic E-state index is 12.7. The van der Waals surface area contributed by atoms with Gasteiger partial charge < -0.3 is 4.74 Å². The maximum absolute atomic E-state index is 12.7. The van der Waals surface area contributed by atoms with Crippen LogP contribution in [0.25, 0.3) is 0 Å². The van der Waals surface area contributed by atoms with Crippen LogP contribution in [0.5, 0.6) is 0 Å². The second kappa shape index (κ2) is 13.3. The van der Waals surface area contributed by atoms with Crippen LogP contribution in [0, 0.1) is 28.6 Å². The Morgan fingerprint density at radius 2 is 1.52 bits per heavy atom. The summed E-state index contributed by atoms with van der Waals surface area (Å²) in [7, 11) is 0. The molecule has 29 heavy (non-hydrogen) atoms. The minimum Gasteiger partial charge on any atom is -0.462 e. The number of hydrogen-bond acceptors (Lipinski definition) is 3. The van der Waals surface area contributed by atoms with Crippen LogP contribution in [0.4, 0.5) is 0 Å². The van der Waals surface area contributed by atoms with Crippen molar-refractivity contribution in [2.45, 2.75) is 136 Å². The molecule has 3 heteroatoms. The molecular formula is C26H45NO2. The normalized spacial score (nSPS) is 29.9. The molecule has 0 aromatic carbocycles. The van der Waals surface area contributed by atoms with Gasteiger partial charge in [-0.3, -0.25) is 4.79 Å². The number of esters is 1. The summed E-state index contributed by atoms with van der Waals surface area (Å²) >= 11 is 0. The lowest BCUT2D eigenvalue weighted by molar-refractivity contribution is -0.158. The third-order valence-electron chi connectivity index (χ3n) is 7.56. The lowest BCUT2D eigenvalue weighted by Crippen LogP contribution is -2.33. The van der Waals surface area contributed by atoms with E-state index in [0.29, 0.717) is 0 Å². The molecule has 0 aliphatic heterocycles. The summed E-state index contributed by atoms with van der Waals surface area (Å²) in [4.78, 5) is 12.7. The standard InChI is InChI=1S/C26H45NO2/c1-3-5-7-8-9-11-22-12-14-23(15-13-22)25(28)29-24-16-19-26(21-27,20-17-24)18-10-6-4-2/h22-24H,3-20H2,1-2H3/t22-,23-,24-,26-. The average molecular weight is 404 g/mol. The van der Waals surface area contributed by atoms with E-state index in [9.17, 15) is 10.1 Å². The van der Waals surface area contributed by atoms with Gasteiger partial charge in [-0.2, -0.15) is 5.26 Å². The van der Waals surface area contributed by atoms with Gasteiger partial charge in [0.2, 0.25) is 0 Å². The van der Waals surface area contributed by atoms with Gasteiger partial charge in [0.15, 0.2) is 0 Å². The van der Waals surface area contributed by atoms with Crippen molar-refractivity contribution in [3.05, 3.63) is 0 Å². The number of ether oxygens (including phenoxy) is 1. The first-order valence-electron chi connectivity index (χ1n) is 12.7. The number of nitriles is 1. The number of carbonyl (C=O) groups excluding carboxylic acids is 1. The number of carbonyl (C=O) groups is 1. The van der Waals surface area contributed by atoms with Crippen molar-refractivity contribution in [2.24, 2.45) is 17.3 Å². The predicted molar refractivity (Wildman–Crippen MR) is 119 cm³/mol. The Morgan fingerprint density at radius 1 is 0.897 bits per heavy atom. The van der Waals surface area contributed by atoms with Crippen molar-refractivity contribution >= 4 is 5.97 Å². The number of nitrogens with zero attached hydrogens (tertiary/aromatic N) is 1. The van der Waals surface area contributed by atoms with Gasteiger partial charge in [0.05, 0.1) is 17.4 Å². The van der Waals surface area contributed by atoms with Crippen molar-refractivity contribution in [3.63, 3.8) is 0 Å². The highest BCUT2D eigenvalue weighted by atomic mass is 16.5. The van der Waals surface area contributed by atoms with Crippen molar-refractivity contribution < 1.29 is 9.53 Å². The van der Waals surface area contributed by atoms with Gasteiger partial charge in [0.25, 0.3) is 0 Å². The summed E-state index contributed by atoms with van der Waals surface area (Å²) in [6.45, 7) is 4.47. The molecule has 0 saturated heterocycles. The fourth-order valence-electron chi connectivity index (χ4n) is 5.38. The highest BCUT2D eigenvalue weighted by Crippen LogP contribution is 2.41. The van der Waals surface area contributed by atoms with Crippen LogP contribution >= 0.6 is 0 Å². The predicted octanol–water partition coefficient (Wildman–Crippen LogP) is 7.73. The second-order valence-corrected chi connectivity index (χ2v) is 9.91. The van der Waals surface area contributed by atoms with Gasteiger partial charge in [0.1, 0.15) is 6.10 Å². The smallest absolute Gasteiger partial charge is 0.309 e. The molecule has 2 aliphatic rings. The Morgan fingerprint density at radius 3 is 2.14 bits per heavy atom. The van der Waals surface area contributed by atoms with E-state index in [4.69, 9.17) is 4.74 Å². The van der Waals surface area contributed by atoms with Gasteiger partial charge in [-0.05, 0) is 63.7 Å². The molecule has 2 aliphatic carbocycles. The summed E-state index contributed by atoms with van der Waals surface area (Å²) in [6, 6.07) is 2.61. The van der Waals surface area contributed by atoms with E-state index in [2.05, 4.69) is 19.9 Å². The Bertz CT molecular complexity index is 493. The van der Waals surface area contributed by atoms with Crippen LogP contribution in [0.1, 0.15) is 129 Å². The van der Waals surface area contributed by atoms with Crippen LogP contribution in [0.15, 0.2) is 0 Å². The second-order valence-electron chi connectivity index (χ2n) is 9.91. The summed E-state index contributed by atoms with van der Waals surface area (Å²) < 4.78 is 5.91. The summed E-state index contributed by atoms with van der Waals surface area (Å²) in [5.74, 6) is 1.00. The van der Waals surface area contributed by atoms with Gasteiger partial charge in [-0.25, -0.2) is 0 Å². The minimum atomic E-state index is -0.159. The molecule has 166 valence electrons. The highest BCUT2D eigenvalue weighted by molar-refractivity contribution is 5.72. The zero-order valence-electron chi connectivity index (χ0n) is 19.2. The molecule has 0 atom stereocenters. The molecular weight excluding hydrogens is 358 g/mol. The first kappa shape index (κ1) is 24.2. The Balaban J connectivity index is 1.63. The number of rotatable bonds is 12. The molecule has 0 unspecified atom stereocenters. The lowest BCUT2D eigenvalue weighted by Gasteiger charge is -2.35. The van der Waals surface area contributed by atoms with Crippen LogP contribution < -0.4 is 0 Å². The maximum Gasteiger partial charge on any atom is 0.309 e. The lowest BCUT2D eigenvalue weighted by atomic mass is 9.71. The number of hydrogen-bond donors (Lipinski definition) is 0. The van der Waals surface area contributed by atoms with Crippen molar-refractivity contribution in [3.8, 4) is 6.07 Å². The average Bonchev–Trinajstić information content (AvgIpc) is 2.75. The van der Waals surface area contributed by atoms with E-state index in [1.54, 1.807) is 0 Å². The molecule has 0 heterocycles. The van der Waals surface area contributed by atoms with E-state index in [1.165, 1.54) is 64.2 Å². The fraction of sp³-hybridized carbons (Fsp3) is 0.923. The Labute approximate surface area is 180 Å². The first-order valence-corrected chi connectivity index (χ1v) is 12.7. The molecule has 0 spiro atoms. The quantitative estimate of drug-likeness (QED) is 0.247. The number of unbranched alkanes of at least 4 members (excludes halogenated alkanes) is 6. The molecule has 2 rings (SSSR count). The van der Waals surface area contributed by atoms with Crippen molar-refractivity contribution in [1.82, 2.24) is 0 Å².